The van der Waals surface area contributed by atoms with E-state index in [1.54, 1.807) is 0 Å². The second kappa shape index (κ2) is 4.39. The molecular weight excluding hydrogens is 238 g/mol. The largest absolute Gasteiger partial charge is 0.229 e. The molecule has 1 fully saturated rings. The van der Waals surface area contributed by atoms with Crippen molar-refractivity contribution in [3.63, 3.8) is 0 Å². The first kappa shape index (κ1) is 12.9. The standard InChI is InChI=1S/C8H17NO4S2/c1-3-5-9(2)15(12,13)8-4-6-14(10,11)7-8/h8H,3-7H2,1-2H3/t8-/m1/s1. The van der Waals surface area contributed by atoms with Crippen LogP contribution >= 0.6 is 0 Å². The molecule has 1 atom stereocenters. The first-order valence-electron chi connectivity index (χ1n) is 4.95. The van der Waals surface area contributed by atoms with Crippen LogP contribution in [0.4, 0.5) is 0 Å². The predicted octanol–water partition coefficient (Wildman–Crippen LogP) is -0.155. The Balaban J connectivity index is 2.81. The molecule has 1 aliphatic rings. The molecular formula is C8H17NO4S2. The van der Waals surface area contributed by atoms with Crippen LogP contribution in [0.15, 0.2) is 0 Å². The summed E-state index contributed by atoms with van der Waals surface area (Å²) in [5, 5.41) is -0.737. The van der Waals surface area contributed by atoms with Gasteiger partial charge in [0.1, 0.15) is 0 Å². The molecule has 0 radical (unpaired) electrons. The van der Waals surface area contributed by atoms with E-state index in [1.165, 1.54) is 11.4 Å². The Morgan fingerprint density at radius 2 is 2.00 bits per heavy atom. The van der Waals surface area contributed by atoms with Gasteiger partial charge in [-0.3, -0.25) is 0 Å². The van der Waals surface area contributed by atoms with E-state index in [1.807, 2.05) is 6.92 Å². The maximum Gasteiger partial charge on any atom is 0.217 e. The molecule has 0 amide bonds. The van der Waals surface area contributed by atoms with Crippen LogP contribution in [0.3, 0.4) is 0 Å². The number of rotatable bonds is 4. The summed E-state index contributed by atoms with van der Waals surface area (Å²) in [6.07, 6.45) is 0.966. The normalized spacial score (nSPS) is 25.9. The minimum atomic E-state index is -3.42. The number of sulfone groups is 1. The van der Waals surface area contributed by atoms with E-state index in [0.717, 1.165) is 6.42 Å². The van der Waals surface area contributed by atoms with Crippen LogP contribution in [0, 0.1) is 0 Å². The Morgan fingerprint density at radius 3 is 2.40 bits per heavy atom. The quantitative estimate of drug-likeness (QED) is 0.700. The molecule has 15 heavy (non-hydrogen) atoms. The van der Waals surface area contributed by atoms with Gasteiger partial charge in [-0.15, -0.1) is 0 Å². The van der Waals surface area contributed by atoms with Gasteiger partial charge in [0.15, 0.2) is 9.84 Å². The first-order chi connectivity index (χ1) is 6.79. The van der Waals surface area contributed by atoms with Gasteiger partial charge < -0.3 is 0 Å². The van der Waals surface area contributed by atoms with E-state index in [2.05, 4.69) is 0 Å². The summed E-state index contributed by atoms with van der Waals surface area (Å²) in [5.74, 6) is -0.222. The third kappa shape index (κ3) is 2.92. The van der Waals surface area contributed by atoms with Gasteiger partial charge in [0, 0.05) is 13.6 Å². The summed E-state index contributed by atoms with van der Waals surface area (Å²) in [6.45, 7) is 2.33. The van der Waals surface area contributed by atoms with Crippen molar-refractivity contribution in [1.82, 2.24) is 4.31 Å². The zero-order valence-electron chi connectivity index (χ0n) is 9.01. The van der Waals surface area contributed by atoms with Gasteiger partial charge in [0.05, 0.1) is 16.8 Å². The molecule has 0 N–H and O–H groups in total. The third-order valence-electron chi connectivity index (χ3n) is 2.58. The van der Waals surface area contributed by atoms with E-state index < -0.39 is 25.1 Å². The fourth-order valence-corrected chi connectivity index (χ4v) is 6.06. The Hall–Kier alpha value is -0.140. The molecule has 0 aromatic carbocycles. The SMILES string of the molecule is CCCN(C)S(=O)(=O)[C@@H]1CCS(=O)(=O)C1. The van der Waals surface area contributed by atoms with Crippen LogP contribution in [0.1, 0.15) is 19.8 Å². The van der Waals surface area contributed by atoms with Crippen LogP contribution in [0.5, 0.6) is 0 Å². The number of hydrogen-bond donors (Lipinski definition) is 0. The second-order valence-electron chi connectivity index (χ2n) is 3.89. The van der Waals surface area contributed by atoms with Crippen molar-refractivity contribution in [3.8, 4) is 0 Å². The lowest BCUT2D eigenvalue weighted by Gasteiger charge is -2.19. The summed E-state index contributed by atoms with van der Waals surface area (Å²) in [5.41, 5.74) is 0. The summed E-state index contributed by atoms with van der Waals surface area (Å²) in [6, 6.07) is 0. The zero-order chi connectivity index (χ0) is 11.7. The lowest BCUT2D eigenvalue weighted by molar-refractivity contribution is 0.459. The van der Waals surface area contributed by atoms with Crippen molar-refractivity contribution < 1.29 is 16.8 Å². The van der Waals surface area contributed by atoms with E-state index in [4.69, 9.17) is 0 Å². The molecule has 0 spiro atoms. The molecule has 7 heteroatoms. The average molecular weight is 255 g/mol. The Labute approximate surface area is 91.4 Å². The van der Waals surface area contributed by atoms with Crippen molar-refractivity contribution in [3.05, 3.63) is 0 Å². The Morgan fingerprint density at radius 1 is 1.40 bits per heavy atom. The molecule has 0 bridgehead atoms. The fraction of sp³-hybridized carbons (Fsp3) is 1.00. The molecule has 1 aliphatic heterocycles. The third-order valence-corrected chi connectivity index (χ3v) is 6.86. The van der Waals surface area contributed by atoms with Gasteiger partial charge >= 0.3 is 0 Å². The van der Waals surface area contributed by atoms with Gasteiger partial charge in [-0.05, 0) is 12.8 Å². The number of nitrogens with zero attached hydrogens (tertiary/aromatic N) is 1. The predicted molar refractivity (Wildman–Crippen MR) is 58.9 cm³/mol. The second-order valence-corrected chi connectivity index (χ2v) is 8.44. The minimum absolute atomic E-state index is 0.00311. The minimum Gasteiger partial charge on any atom is -0.229 e. The highest BCUT2D eigenvalue weighted by molar-refractivity contribution is 7.95. The maximum atomic E-state index is 11.9. The lowest BCUT2D eigenvalue weighted by atomic mass is 10.4. The molecule has 1 rings (SSSR count). The summed E-state index contributed by atoms with van der Waals surface area (Å²) in [4.78, 5) is 0. The molecule has 0 aromatic heterocycles. The molecule has 90 valence electrons. The average Bonchev–Trinajstić information content (AvgIpc) is 2.47. The Bertz CT molecular complexity index is 412. The molecule has 0 aliphatic carbocycles. The van der Waals surface area contributed by atoms with Crippen LogP contribution < -0.4 is 0 Å². The monoisotopic (exact) mass is 255 g/mol. The van der Waals surface area contributed by atoms with Crippen molar-refractivity contribution in [2.75, 3.05) is 25.1 Å². The zero-order valence-corrected chi connectivity index (χ0v) is 10.6. The van der Waals surface area contributed by atoms with Crippen LogP contribution in [0.2, 0.25) is 0 Å². The molecule has 1 heterocycles. The molecule has 5 nitrogen and oxygen atoms in total. The summed E-state index contributed by atoms with van der Waals surface area (Å²) in [7, 11) is -5.05. The highest BCUT2D eigenvalue weighted by atomic mass is 32.2. The smallest absolute Gasteiger partial charge is 0.217 e. The van der Waals surface area contributed by atoms with Gasteiger partial charge in [0.25, 0.3) is 0 Å². The number of sulfonamides is 1. The van der Waals surface area contributed by atoms with Crippen molar-refractivity contribution in [2.24, 2.45) is 0 Å². The first-order valence-corrected chi connectivity index (χ1v) is 8.27. The molecule has 0 unspecified atom stereocenters. The van der Waals surface area contributed by atoms with Crippen LogP contribution in [0.25, 0.3) is 0 Å². The molecule has 0 saturated carbocycles. The highest BCUT2D eigenvalue weighted by Crippen LogP contribution is 2.21. The summed E-state index contributed by atoms with van der Waals surface area (Å²) < 4.78 is 47.4. The van der Waals surface area contributed by atoms with E-state index >= 15 is 0 Å². The molecule has 1 saturated heterocycles. The number of hydrogen-bond acceptors (Lipinski definition) is 4. The topological polar surface area (TPSA) is 71.5 Å². The van der Waals surface area contributed by atoms with E-state index in [-0.39, 0.29) is 17.9 Å². The fourth-order valence-electron chi connectivity index (χ4n) is 1.69. The lowest BCUT2D eigenvalue weighted by Crippen LogP contribution is -2.37. The van der Waals surface area contributed by atoms with Crippen LogP contribution in [-0.2, 0) is 19.9 Å². The van der Waals surface area contributed by atoms with Crippen molar-refractivity contribution in [1.29, 1.82) is 0 Å². The molecule has 0 aromatic rings. The van der Waals surface area contributed by atoms with Crippen molar-refractivity contribution in [2.45, 2.75) is 25.0 Å². The van der Waals surface area contributed by atoms with Crippen LogP contribution in [-0.4, -0.2) is 51.5 Å². The Kier molecular flexibility index (Phi) is 3.78. The van der Waals surface area contributed by atoms with E-state index in [0.29, 0.717) is 6.54 Å². The van der Waals surface area contributed by atoms with Gasteiger partial charge in [-0.25, -0.2) is 21.1 Å². The van der Waals surface area contributed by atoms with Gasteiger partial charge in [-0.1, -0.05) is 6.92 Å². The van der Waals surface area contributed by atoms with Crippen molar-refractivity contribution >= 4 is 19.9 Å². The van der Waals surface area contributed by atoms with Gasteiger partial charge in [-0.2, -0.15) is 0 Å². The maximum absolute atomic E-state index is 11.9. The summed E-state index contributed by atoms with van der Waals surface area (Å²) >= 11 is 0. The highest BCUT2D eigenvalue weighted by Gasteiger charge is 2.38. The van der Waals surface area contributed by atoms with Gasteiger partial charge in [0.2, 0.25) is 10.0 Å². The van der Waals surface area contributed by atoms with E-state index in [9.17, 15) is 16.8 Å².